The molecule has 0 bridgehead atoms. The molecule has 0 aliphatic heterocycles. The fourth-order valence-electron chi connectivity index (χ4n) is 1.39. The molecule has 0 fully saturated rings. The minimum absolute atomic E-state index is 0.262. The zero-order valence-electron chi connectivity index (χ0n) is 10.1. The van der Waals surface area contributed by atoms with E-state index in [2.05, 4.69) is 10.1 Å². The zero-order chi connectivity index (χ0) is 13.7. The highest BCUT2D eigenvalue weighted by molar-refractivity contribution is 5.95. The quantitative estimate of drug-likeness (QED) is 0.763. The van der Waals surface area contributed by atoms with Gasteiger partial charge in [-0.1, -0.05) is 0 Å². The van der Waals surface area contributed by atoms with Crippen molar-refractivity contribution in [3.05, 3.63) is 35.1 Å². The van der Waals surface area contributed by atoms with Crippen molar-refractivity contribution in [2.75, 3.05) is 13.7 Å². The molecule has 1 amide bonds. The minimum Gasteiger partial charge on any atom is -0.467 e. The fraction of sp³-hybridized carbons (Fsp3) is 0.333. The number of hydrogen-bond acceptors (Lipinski definition) is 4. The van der Waals surface area contributed by atoms with Gasteiger partial charge in [-0.2, -0.15) is 0 Å². The van der Waals surface area contributed by atoms with Crippen LogP contribution in [0.4, 0.5) is 4.39 Å². The van der Waals surface area contributed by atoms with Crippen LogP contribution < -0.4 is 5.32 Å². The van der Waals surface area contributed by atoms with Crippen LogP contribution in [0.3, 0.4) is 0 Å². The molecular formula is C12H14FNO4. The Morgan fingerprint density at radius 3 is 2.72 bits per heavy atom. The van der Waals surface area contributed by atoms with Crippen molar-refractivity contribution in [2.24, 2.45) is 0 Å². The number of hydrogen-bond donors (Lipinski definition) is 2. The molecule has 0 radical (unpaired) electrons. The van der Waals surface area contributed by atoms with Crippen LogP contribution in [0.2, 0.25) is 0 Å². The molecule has 1 aromatic carbocycles. The summed E-state index contributed by atoms with van der Waals surface area (Å²) in [5.74, 6) is -1.75. The lowest BCUT2D eigenvalue weighted by Gasteiger charge is -2.11. The molecule has 1 atom stereocenters. The zero-order valence-corrected chi connectivity index (χ0v) is 10.1. The number of halogens is 1. The summed E-state index contributed by atoms with van der Waals surface area (Å²) in [5.41, 5.74) is 0.758. The van der Waals surface area contributed by atoms with E-state index < -0.39 is 23.8 Å². The summed E-state index contributed by atoms with van der Waals surface area (Å²) < 4.78 is 17.1. The molecule has 18 heavy (non-hydrogen) atoms. The smallest absolute Gasteiger partial charge is 0.336 e. The van der Waals surface area contributed by atoms with Gasteiger partial charge in [0.2, 0.25) is 0 Å². The van der Waals surface area contributed by atoms with Gasteiger partial charge in [0, 0.05) is 5.56 Å². The number of esters is 1. The van der Waals surface area contributed by atoms with E-state index in [0.29, 0.717) is 5.56 Å². The van der Waals surface area contributed by atoms with E-state index in [0.717, 1.165) is 7.11 Å². The molecular weight excluding hydrogens is 241 g/mol. The molecule has 0 saturated carbocycles. The van der Waals surface area contributed by atoms with E-state index in [1.54, 1.807) is 6.92 Å². The van der Waals surface area contributed by atoms with Crippen LogP contribution >= 0.6 is 0 Å². The molecule has 0 aromatic heterocycles. The molecule has 1 rings (SSSR count). The van der Waals surface area contributed by atoms with E-state index in [1.807, 2.05) is 0 Å². The topological polar surface area (TPSA) is 75.6 Å². The average molecular weight is 255 g/mol. The van der Waals surface area contributed by atoms with E-state index in [4.69, 9.17) is 0 Å². The number of aliphatic hydroxyl groups excluding tert-OH is 1. The van der Waals surface area contributed by atoms with Gasteiger partial charge >= 0.3 is 5.97 Å². The highest BCUT2D eigenvalue weighted by Gasteiger charge is 2.17. The summed E-state index contributed by atoms with van der Waals surface area (Å²) in [4.78, 5) is 22.6. The van der Waals surface area contributed by atoms with Gasteiger partial charge in [0.15, 0.2) is 6.10 Å². The van der Waals surface area contributed by atoms with Gasteiger partial charge in [-0.25, -0.2) is 9.18 Å². The first-order chi connectivity index (χ1) is 8.45. The van der Waals surface area contributed by atoms with Crippen molar-refractivity contribution in [1.29, 1.82) is 0 Å². The summed E-state index contributed by atoms with van der Waals surface area (Å²) in [6.07, 6.45) is -1.42. The van der Waals surface area contributed by atoms with E-state index in [-0.39, 0.29) is 12.1 Å². The molecule has 0 saturated heterocycles. The number of ether oxygens (including phenoxy) is 1. The van der Waals surface area contributed by atoms with Gasteiger partial charge in [-0.15, -0.1) is 0 Å². The van der Waals surface area contributed by atoms with Crippen LogP contribution in [-0.4, -0.2) is 36.7 Å². The molecule has 98 valence electrons. The Kier molecular flexibility index (Phi) is 4.79. The monoisotopic (exact) mass is 255 g/mol. The first-order valence-corrected chi connectivity index (χ1v) is 5.26. The Balaban J connectivity index is 2.63. The Morgan fingerprint density at radius 1 is 1.50 bits per heavy atom. The molecule has 0 aliphatic carbocycles. The van der Waals surface area contributed by atoms with Crippen LogP contribution in [0.25, 0.3) is 0 Å². The summed E-state index contributed by atoms with van der Waals surface area (Å²) in [7, 11) is 1.14. The van der Waals surface area contributed by atoms with Crippen LogP contribution in [-0.2, 0) is 9.53 Å². The first kappa shape index (κ1) is 14.1. The summed E-state index contributed by atoms with van der Waals surface area (Å²) >= 11 is 0. The number of aryl methyl sites for hydroxylation is 1. The number of carbonyl (C=O) groups is 2. The lowest BCUT2D eigenvalue weighted by molar-refractivity contribution is -0.149. The van der Waals surface area contributed by atoms with Gasteiger partial charge in [-0.3, -0.25) is 4.79 Å². The summed E-state index contributed by atoms with van der Waals surface area (Å²) in [5, 5.41) is 11.6. The number of carbonyl (C=O) groups excluding carboxylic acids is 2. The Labute approximate surface area is 104 Å². The molecule has 0 aliphatic rings. The second-order valence-electron chi connectivity index (χ2n) is 3.71. The number of amides is 1. The van der Waals surface area contributed by atoms with Crippen molar-refractivity contribution >= 4 is 11.9 Å². The minimum atomic E-state index is -1.42. The van der Waals surface area contributed by atoms with Crippen LogP contribution in [0.1, 0.15) is 15.9 Å². The number of methoxy groups -OCH3 is 1. The average Bonchev–Trinajstić information content (AvgIpc) is 2.34. The predicted octanol–water partition coefficient (Wildman–Crippen LogP) is 0.398. The first-order valence-electron chi connectivity index (χ1n) is 5.26. The van der Waals surface area contributed by atoms with Gasteiger partial charge in [0.25, 0.3) is 5.91 Å². The van der Waals surface area contributed by atoms with Crippen LogP contribution in [0.5, 0.6) is 0 Å². The lowest BCUT2D eigenvalue weighted by atomic mass is 10.1. The molecule has 0 spiro atoms. The SMILES string of the molecule is COC(=O)C(O)CNC(=O)c1ccc(F)cc1C. The van der Waals surface area contributed by atoms with Crippen molar-refractivity contribution in [1.82, 2.24) is 5.32 Å². The third kappa shape index (κ3) is 3.53. The van der Waals surface area contributed by atoms with E-state index in [1.165, 1.54) is 18.2 Å². The van der Waals surface area contributed by atoms with Gasteiger partial charge < -0.3 is 15.2 Å². The van der Waals surface area contributed by atoms with Gasteiger partial charge in [-0.05, 0) is 30.7 Å². The standard InChI is InChI=1S/C12H14FNO4/c1-7-5-8(13)3-4-9(7)11(16)14-6-10(15)12(17)18-2/h3-5,10,15H,6H2,1-2H3,(H,14,16). The highest BCUT2D eigenvalue weighted by Crippen LogP contribution is 2.09. The second-order valence-corrected chi connectivity index (χ2v) is 3.71. The van der Waals surface area contributed by atoms with Crippen LogP contribution in [0.15, 0.2) is 18.2 Å². The number of nitrogens with one attached hydrogen (secondary N) is 1. The molecule has 0 heterocycles. The number of rotatable bonds is 4. The van der Waals surface area contributed by atoms with Crippen molar-refractivity contribution in [2.45, 2.75) is 13.0 Å². The van der Waals surface area contributed by atoms with Crippen LogP contribution in [0, 0.1) is 12.7 Å². The normalized spacial score (nSPS) is 11.8. The number of benzene rings is 1. The maximum atomic E-state index is 12.8. The second kappa shape index (κ2) is 6.11. The largest absolute Gasteiger partial charge is 0.467 e. The molecule has 1 aromatic rings. The molecule has 2 N–H and O–H groups in total. The summed E-state index contributed by atoms with van der Waals surface area (Å²) in [6, 6.07) is 3.73. The van der Waals surface area contributed by atoms with Crippen molar-refractivity contribution < 1.29 is 23.8 Å². The third-order valence-electron chi connectivity index (χ3n) is 2.36. The van der Waals surface area contributed by atoms with Gasteiger partial charge in [0.05, 0.1) is 13.7 Å². The van der Waals surface area contributed by atoms with Crippen molar-refractivity contribution in [3.63, 3.8) is 0 Å². The lowest BCUT2D eigenvalue weighted by Crippen LogP contribution is -2.37. The summed E-state index contributed by atoms with van der Waals surface area (Å²) in [6.45, 7) is 1.33. The van der Waals surface area contributed by atoms with E-state index >= 15 is 0 Å². The fourth-order valence-corrected chi connectivity index (χ4v) is 1.39. The van der Waals surface area contributed by atoms with Gasteiger partial charge in [0.1, 0.15) is 5.82 Å². The highest BCUT2D eigenvalue weighted by atomic mass is 19.1. The number of aliphatic hydroxyl groups is 1. The maximum Gasteiger partial charge on any atom is 0.336 e. The van der Waals surface area contributed by atoms with Crippen molar-refractivity contribution in [3.8, 4) is 0 Å². The molecule has 6 heteroatoms. The Bertz CT molecular complexity index is 461. The third-order valence-corrected chi connectivity index (χ3v) is 2.36. The van der Waals surface area contributed by atoms with E-state index in [9.17, 15) is 19.1 Å². The molecule has 5 nitrogen and oxygen atoms in total. The molecule has 1 unspecified atom stereocenters. The Morgan fingerprint density at radius 2 is 2.17 bits per heavy atom. The maximum absolute atomic E-state index is 12.8. The predicted molar refractivity (Wildman–Crippen MR) is 61.5 cm³/mol. The Hall–Kier alpha value is -1.95.